The molecule has 0 aliphatic rings. The fraction of sp³-hybridized carbons (Fsp3) is 0.294. The van der Waals surface area contributed by atoms with Crippen molar-refractivity contribution in [1.29, 1.82) is 0 Å². The van der Waals surface area contributed by atoms with Crippen molar-refractivity contribution >= 4 is 0 Å². The zero-order valence-electron chi connectivity index (χ0n) is 12.2. The third-order valence-electron chi connectivity index (χ3n) is 3.14. The Morgan fingerprint density at radius 2 is 1.73 bits per heavy atom. The van der Waals surface area contributed by atoms with Gasteiger partial charge in [-0.2, -0.15) is 13.2 Å². The number of benzene rings is 2. The van der Waals surface area contributed by atoms with E-state index < -0.39 is 11.7 Å². The second-order valence-corrected chi connectivity index (χ2v) is 5.31. The largest absolute Gasteiger partial charge is 0.489 e. The molecule has 0 bridgehead atoms. The average molecular weight is 309 g/mol. The molecular weight excluding hydrogens is 291 g/mol. The maximum atomic E-state index is 12.5. The Morgan fingerprint density at radius 1 is 1.05 bits per heavy atom. The zero-order chi connectivity index (χ0) is 16.2. The molecule has 0 spiro atoms. The third-order valence-corrected chi connectivity index (χ3v) is 3.14. The summed E-state index contributed by atoms with van der Waals surface area (Å²) in [6.07, 6.45) is -3.57. The van der Waals surface area contributed by atoms with Gasteiger partial charge in [0.25, 0.3) is 0 Å². The first-order valence-corrected chi connectivity index (χ1v) is 6.98. The molecule has 2 rings (SSSR count). The molecule has 22 heavy (non-hydrogen) atoms. The van der Waals surface area contributed by atoms with E-state index in [4.69, 9.17) is 10.5 Å². The summed E-state index contributed by atoms with van der Waals surface area (Å²) >= 11 is 0. The number of rotatable bonds is 5. The number of halogens is 3. The van der Waals surface area contributed by atoms with E-state index in [2.05, 4.69) is 0 Å². The molecule has 0 radical (unpaired) electrons. The molecule has 0 aromatic heterocycles. The van der Waals surface area contributed by atoms with Gasteiger partial charge in [-0.15, -0.1) is 0 Å². The Bertz CT molecular complexity index is 606. The summed E-state index contributed by atoms with van der Waals surface area (Å²) in [5.41, 5.74) is 6.85. The number of ether oxygens (including phenoxy) is 1. The monoisotopic (exact) mass is 309 g/mol. The van der Waals surface area contributed by atoms with E-state index in [9.17, 15) is 13.2 Å². The van der Waals surface area contributed by atoms with E-state index in [0.717, 1.165) is 24.1 Å². The maximum absolute atomic E-state index is 12.5. The molecule has 0 aliphatic heterocycles. The Balaban J connectivity index is 1.98. The fourth-order valence-corrected chi connectivity index (χ4v) is 2.09. The summed E-state index contributed by atoms with van der Waals surface area (Å²) in [5.74, 6) is 0.679. The van der Waals surface area contributed by atoms with Gasteiger partial charge in [-0.05, 0) is 48.7 Å². The summed E-state index contributed by atoms with van der Waals surface area (Å²) in [5, 5.41) is 0. The molecule has 2 aromatic rings. The van der Waals surface area contributed by atoms with E-state index in [0.29, 0.717) is 11.3 Å². The molecular formula is C17H18F3NO. The number of nitrogens with two attached hydrogens (primary N) is 1. The van der Waals surface area contributed by atoms with Crippen LogP contribution in [0.3, 0.4) is 0 Å². The van der Waals surface area contributed by atoms with Crippen LogP contribution in [0.15, 0.2) is 48.5 Å². The standard InChI is InChI=1S/C17H18F3NO/c1-12(21)9-14-3-2-4-16(10-14)22-11-13-5-7-15(8-6-13)17(18,19)20/h2-8,10,12H,9,11,21H2,1H3/t12-/m1/s1. The van der Waals surface area contributed by atoms with Crippen molar-refractivity contribution < 1.29 is 17.9 Å². The van der Waals surface area contributed by atoms with Gasteiger partial charge in [0.15, 0.2) is 0 Å². The van der Waals surface area contributed by atoms with Crippen LogP contribution in [0.1, 0.15) is 23.6 Å². The minimum atomic E-state index is -4.31. The lowest BCUT2D eigenvalue weighted by atomic mass is 10.1. The fourth-order valence-electron chi connectivity index (χ4n) is 2.09. The molecule has 0 unspecified atom stereocenters. The van der Waals surface area contributed by atoms with Crippen LogP contribution in [0.5, 0.6) is 5.75 Å². The van der Waals surface area contributed by atoms with Crippen molar-refractivity contribution in [2.24, 2.45) is 5.73 Å². The molecule has 0 amide bonds. The van der Waals surface area contributed by atoms with Gasteiger partial charge in [-0.1, -0.05) is 24.3 Å². The van der Waals surface area contributed by atoms with Gasteiger partial charge < -0.3 is 10.5 Å². The molecule has 5 heteroatoms. The summed E-state index contributed by atoms with van der Waals surface area (Å²) in [4.78, 5) is 0. The molecule has 0 fully saturated rings. The van der Waals surface area contributed by atoms with Gasteiger partial charge in [0.2, 0.25) is 0 Å². The van der Waals surface area contributed by atoms with Crippen molar-refractivity contribution in [2.45, 2.75) is 32.2 Å². The smallest absolute Gasteiger partial charge is 0.416 e. The van der Waals surface area contributed by atoms with Crippen molar-refractivity contribution in [2.75, 3.05) is 0 Å². The normalized spacial score (nSPS) is 13.0. The Hall–Kier alpha value is -2.01. The topological polar surface area (TPSA) is 35.2 Å². The van der Waals surface area contributed by atoms with Gasteiger partial charge in [-0.25, -0.2) is 0 Å². The number of alkyl halides is 3. The summed E-state index contributed by atoms with van der Waals surface area (Å²) in [7, 11) is 0. The van der Waals surface area contributed by atoms with E-state index in [1.165, 1.54) is 12.1 Å². The molecule has 118 valence electrons. The first kappa shape index (κ1) is 16.4. The highest BCUT2D eigenvalue weighted by Gasteiger charge is 2.29. The minimum absolute atomic E-state index is 0.0603. The second kappa shape index (κ2) is 6.83. The quantitative estimate of drug-likeness (QED) is 0.899. The van der Waals surface area contributed by atoms with Gasteiger partial charge in [0.1, 0.15) is 12.4 Å². The van der Waals surface area contributed by atoms with Crippen molar-refractivity contribution in [1.82, 2.24) is 0 Å². The number of hydrogen-bond donors (Lipinski definition) is 1. The van der Waals surface area contributed by atoms with Crippen molar-refractivity contribution in [3.05, 3.63) is 65.2 Å². The highest BCUT2D eigenvalue weighted by Crippen LogP contribution is 2.29. The Morgan fingerprint density at radius 3 is 2.32 bits per heavy atom. The van der Waals surface area contributed by atoms with Gasteiger partial charge in [-0.3, -0.25) is 0 Å². The number of hydrogen-bond acceptors (Lipinski definition) is 2. The van der Waals surface area contributed by atoms with Gasteiger partial charge in [0, 0.05) is 6.04 Å². The third kappa shape index (κ3) is 4.77. The summed E-state index contributed by atoms with van der Waals surface area (Å²) < 4.78 is 43.1. The Labute approximate surface area is 127 Å². The first-order chi connectivity index (χ1) is 10.3. The van der Waals surface area contributed by atoms with E-state index in [-0.39, 0.29) is 12.6 Å². The maximum Gasteiger partial charge on any atom is 0.416 e. The summed E-state index contributed by atoms with van der Waals surface area (Å²) in [6.45, 7) is 2.15. The lowest BCUT2D eigenvalue weighted by molar-refractivity contribution is -0.137. The molecule has 0 aliphatic carbocycles. The van der Waals surface area contributed by atoms with E-state index in [1.807, 2.05) is 31.2 Å². The van der Waals surface area contributed by atoms with Crippen LogP contribution in [-0.4, -0.2) is 6.04 Å². The van der Waals surface area contributed by atoms with Crippen LogP contribution in [0.25, 0.3) is 0 Å². The molecule has 0 saturated heterocycles. The van der Waals surface area contributed by atoms with Crippen LogP contribution in [0.4, 0.5) is 13.2 Å². The zero-order valence-corrected chi connectivity index (χ0v) is 12.2. The second-order valence-electron chi connectivity index (χ2n) is 5.31. The molecule has 2 nitrogen and oxygen atoms in total. The SMILES string of the molecule is C[C@@H](N)Cc1cccc(OCc2ccc(C(F)(F)F)cc2)c1. The lowest BCUT2D eigenvalue weighted by Crippen LogP contribution is -2.17. The summed E-state index contributed by atoms with van der Waals surface area (Å²) in [6, 6.07) is 12.6. The van der Waals surface area contributed by atoms with Crippen molar-refractivity contribution in [3.8, 4) is 5.75 Å². The Kier molecular flexibility index (Phi) is 5.08. The van der Waals surface area contributed by atoms with Crippen LogP contribution in [-0.2, 0) is 19.2 Å². The van der Waals surface area contributed by atoms with Crippen molar-refractivity contribution in [3.63, 3.8) is 0 Å². The van der Waals surface area contributed by atoms with E-state index in [1.54, 1.807) is 0 Å². The highest BCUT2D eigenvalue weighted by atomic mass is 19.4. The van der Waals surface area contributed by atoms with Crippen LogP contribution >= 0.6 is 0 Å². The van der Waals surface area contributed by atoms with Crippen LogP contribution < -0.4 is 10.5 Å². The molecule has 2 aromatic carbocycles. The predicted molar refractivity (Wildman–Crippen MR) is 79.6 cm³/mol. The van der Waals surface area contributed by atoms with E-state index >= 15 is 0 Å². The first-order valence-electron chi connectivity index (χ1n) is 6.98. The minimum Gasteiger partial charge on any atom is -0.489 e. The molecule has 0 saturated carbocycles. The molecule has 1 atom stereocenters. The van der Waals surface area contributed by atoms with Crippen LogP contribution in [0.2, 0.25) is 0 Å². The molecule has 2 N–H and O–H groups in total. The van der Waals surface area contributed by atoms with Crippen LogP contribution in [0, 0.1) is 0 Å². The lowest BCUT2D eigenvalue weighted by Gasteiger charge is -2.11. The predicted octanol–water partition coefficient (Wildman–Crippen LogP) is 4.17. The van der Waals surface area contributed by atoms with Gasteiger partial charge in [0.05, 0.1) is 5.56 Å². The van der Waals surface area contributed by atoms with Gasteiger partial charge >= 0.3 is 6.18 Å². The molecule has 0 heterocycles. The highest BCUT2D eigenvalue weighted by molar-refractivity contribution is 5.30. The average Bonchev–Trinajstić information content (AvgIpc) is 2.44.